The summed E-state index contributed by atoms with van der Waals surface area (Å²) in [5, 5.41) is 4.99. The van der Waals surface area contributed by atoms with E-state index in [-0.39, 0.29) is 0 Å². The average Bonchev–Trinajstić information content (AvgIpc) is 3.80. The Labute approximate surface area is 325 Å². The molecule has 56 heavy (non-hydrogen) atoms. The summed E-state index contributed by atoms with van der Waals surface area (Å²) < 4.78 is 4.83. The van der Waals surface area contributed by atoms with Crippen molar-refractivity contribution in [2.24, 2.45) is 0 Å². The van der Waals surface area contributed by atoms with Crippen LogP contribution in [0, 0.1) is 0 Å². The fourth-order valence-electron chi connectivity index (χ4n) is 8.73. The van der Waals surface area contributed by atoms with Crippen molar-refractivity contribution in [3.63, 3.8) is 0 Å². The molecule has 2 aromatic heterocycles. The van der Waals surface area contributed by atoms with E-state index >= 15 is 0 Å². The van der Waals surface area contributed by atoms with Crippen molar-refractivity contribution in [3.05, 3.63) is 218 Å². The molecule has 11 aromatic rings. The molecule has 2 heterocycles. The molecule has 0 spiro atoms. The first-order chi connectivity index (χ1) is 27.8. The molecule has 0 aliphatic rings. The van der Waals surface area contributed by atoms with Gasteiger partial charge in [-0.15, -0.1) is 0 Å². The van der Waals surface area contributed by atoms with Crippen LogP contribution in [0.4, 0.5) is 0 Å². The van der Waals surface area contributed by atoms with Gasteiger partial charge in [0.15, 0.2) is 0 Å². The lowest BCUT2D eigenvalue weighted by molar-refractivity contribution is 1.18. The number of nitrogens with zero attached hydrogens (tertiary/aromatic N) is 2. The number of para-hydroxylation sites is 2. The maximum atomic E-state index is 2.45. The lowest BCUT2D eigenvalue weighted by Crippen LogP contribution is -1.94. The van der Waals surface area contributed by atoms with E-state index in [0.29, 0.717) is 0 Å². The Morgan fingerprint density at radius 2 is 0.696 bits per heavy atom. The maximum absolute atomic E-state index is 2.45. The molecule has 0 saturated carbocycles. The van der Waals surface area contributed by atoms with Gasteiger partial charge in [0.25, 0.3) is 0 Å². The predicted octanol–water partition coefficient (Wildman–Crippen LogP) is 14.5. The molecule has 2 nitrogen and oxygen atoms in total. The molecule has 0 amide bonds. The molecule has 0 N–H and O–H groups in total. The van der Waals surface area contributed by atoms with Crippen molar-refractivity contribution in [1.82, 2.24) is 9.13 Å². The quantitative estimate of drug-likeness (QED) is 0.162. The highest BCUT2D eigenvalue weighted by atomic mass is 15.0. The fraction of sp³-hybridized carbons (Fsp3) is 0. The van der Waals surface area contributed by atoms with Crippen LogP contribution >= 0.6 is 0 Å². The van der Waals surface area contributed by atoms with Crippen LogP contribution in [0.25, 0.3) is 99.5 Å². The molecule has 11 rings (SSSR count). The zero-order chi connectivity index (χ0) is 37.0. The maximum Gasteiger partial charge on any atom is 0.0547 e. The van der Waals surface area contributed by atoms with Crippen molar-refractivity contribution in [2.75, 3.05) is 0 Å². The van der Waals surface area contributed by atoms with E-state index in [4.69, 9.17) is 0 Å². The lowest BCUT2D eigenvalue weighted by Gasteiger charge is -2.11. The molecule has 0 atom stereocenters. The molecular weight excluding hydrogens is 677 g/mol. The smallest absolute Gasteiger partial charge is 0.0547 e. The second-order valence-electron chi connectivity index (χ2n) is 14.6. The summed E-state index contributed by atoms with van der Waals surface area (Å²) in [7, 11) is 0. The Balaban J connectivity index is 1.15. The summed E-state index contributed by atoms with van der Waals surface area (Å²) in [5.41, 5.74) is 16.8. The van der Waals surface area contributed by atoms with E-state index in [1.165, 1.54) is 93.8 Å². The van der Waals surface area contributed by atoms with Gasteiger partial charge in [0.2, 0.25) is 0 Å². The highest BCUT2D eigenvalue weighted by Gasteiger charge is 2.19. The van der Waals surface area contributed by atoms with Crippen molar-refractivity contribution < 1.29 is 0 Å². The summed E-state index contributed by atoms with van der Waals surface area (Å²) >= 11 is 0. The summed E-state index contributed by atoms with van der Waals surface area (Å²) in [5.74, 6) is 0. The van der Waals surface area contributed by atoms with Crippen LogP contribution in [-0.4, -0.2) is 9.13 Å². The molecule has 262 valence electrons. The summed E-state index contributed by atoms with van der Waals surface area (Å²) in [6, 6.07) is 79.4. The summed E-state index contributed by atoms with van der Waals surface area (Å²) in [6.07, 6.45) is 0. The Hall–Kier alpha value is -7.42. The fourth-order valence-corrected chi connectivity index (χ4v) is 8.73. The van der Waals surface area contributed by atoms with Gasteiger partial charge >= 0.3 is 0 Å². The van der Waals surface area contributed by atoms with Crippen molar-refractivity contribution in [3.8, 4) is 55.9 Å². The Morgan fingerprint density at radius 3 is 1.43 bits per heavy atom. The minimum atomic E-state index is 1.14. The number of rotatable bonds is 6. The molecule has 9 aromatic carbocycles. The average molecular weight is 713 g/mol. The third-order valence-electron chi connectivity index (χ3n) is 11.3. The first-order valence-corrected chi connectivity index (χ1v) is 19.3. The van der Waals surface area contributed by atoms with Crippen LogP contribution in [-0.2, 0) is 0 Å². The van der Waals surface area contributed by atoms with E-state index < -0.39 is 0 Å². The highest BCUT2D eigenvalue weighted by molar-refractivity contribution is 6.17. The first-order valence-electron chi connectivity index (χ1n) is 19.3. The Bertz CT molecular complexity index is 3220. The highest BCUT2D eigenvalue weighted by Crippen LogP contribution is 2.42. The van der Waals surface area contributed by atoms with Gasteiger partial charge in [-0.1, -0.05) is 152 Å². The number of hydrogen-bond acceptors (Lipinski definition) is 0. The van der Waals surface area contributed by atoms with Crippen molar-refractivity contribution >= 4 is 43.6 Å². The summed E-state index contributed by atoms with van der Waals surface area (Å²) in [6.45, 7) is 0. The van der Waals surface area contributed by atoms with Crippen LogP contribution < -0.4 is 0 Å². The summed E-state index contributed by atoms with van der Waals surface area (Å²) in [4.78, 5) is 0. The van der Waals surface area contributed by atoms with Crippen LogP contribution in [0.2, 0.25) is 0 Å². The van der Waals surface area contributed by atoms with Gasteiger partial charge in [0.05, 0.1) is 22.1 Å². The number of hydrogen-bond donors (Lipinski definition) is 0. The first kappa shape index (κ1) is 32.0. The molecule has 2 heteroatoms. The second kappa shape index (κ2) is 13.2. The minimum absolute atomic E-state index is 1.14. The second-order valence-corrected chi connectivity index (χ2v) is 14.6. The molecule has 0 bridgehead atoms. The van der Waals surface area contributed by atoms with E-state index in [1.807, 2.05) is 0 Å². The van der Waals surface area contributed by atoms with Crippen molar-refractivity contribution in [1.29, 1.82) is 0 Å². The molecule has 0 unspecified atom stereocenters. The van der Waals surface area contributed by atoms with E-state index in [1.54, 1.807) is 0 Å². The van der Waals surface area contributed by atoms with Crippen LogP contribution in [0.5, 0.6) is 0 Å². The monoisotopic (exact) mass is 712 g/mol. The van der Waals surface area contributed by atoms with Gasteiger partial charge in [-0.05, 0) is 111 Å². The number of benzene rings is 9. The molecule has 0 radical (unpaired) electrons. The molecule has 0 aliphatic carbocycles. The number of aromatic nitrogens is 2. The standard InChI is InChI=1S/C54H36N2/c1-4-15-37(16-5-1)39-19-12-21-43(33-39)46-26-14-28-53-54(46)49-36-42(30-32-52(49)56(53)45-24-13-20-40(34-45)38-17-6-2-7-18-38)41-29-31-51-48(35-41)47-25-10-11-27-50(47)55(51)44-22-8-3-9-23-44/h1-36H. The van der Waals surface area contributed by atoms with Crippen LogP contribution in [0.3, 0.4) is 0 Å². The molecule has 0 aliphatic heterocycles. The third-order valence-corrected chi connectivity index (χ3v) is 11.3. The van der Waals surface area contributed by atoms with Gasteiger partial charge in [-0.3, -0.25) is 0 Å². The molecule has 0 saturated heterocycles. The zero-order valence-corrected chi connectivity index (χ0v) is 30.7. The van der Waals surface area contributed by atoms with E-state index in [2.05, 4.69) is 228 Å². The Kier molecular flexibility index (Phi) is 7.53. The number of fused-ring (bicyclic) bond motifs is 6. The minimum Gasteiger partial charge on any atom is -0.309 e. The lowest BCUT2D eigenvalue weighted by atomic mass is 9.95. The Morgan fingerprint density at radius 1 is 0.232 bits per heavy atom. The normalized spacial score (nSPS) is 11.6. The zero-order valence-electron chi connectivity index (χ0n) is 30.7. The van der Waals surface area contributed by atoms with E-state index in [0.717, 1.165) is 5.69 Å². The van der Waals surface area contributed by atoms with E-state index in [9.17, 15) is 0 Å². The van der Waals surface area contributed by atoms with Crippen molar-refractivity contribution in [2.45, 2.75) is 0 Å². The van der Waals surface area contributed by atoms with Gasteiger partial charge in [0.1, 0.15) is 0 Å². The third kappa shape index (κ3) is 5.26. The van der Waals surface area contributed by atoms with Crippen LogP contribution in [0.1, 0.15) is 0 Å². The van der Waals surface area contributed by atoms with Gasteiger partial charge in [-0.2, -0.15) is 0 Å². The van der Waals surface area contributed by atoms with Gasteiger partial charge in [0, 0.05) is 32.9 Å². The largest absolute Gasteiger partial charge is 0.309 e. The topological polar surface area (TPSA) is 9.86 Å². The SMILES string of the molecule is c1ccc(-c2cccc(-c3cccc4c3c3cc(-c5ccc6c(c5)c5ccccc5n6-c5ccccc5)ccc3n4-c3cccc(-c4ccccc4)c3)c2)cc1. The van der Waals surface area contributed by atoms with Gasteiger partial charge < -0.3 is 9.13 Å². The molecular formula is C54H36N2. The predicted molar refractivity (Wildman–Crippen MR) is 237 cm³/mol. The van der Waals surface area contributed by atoms with Gasteiger partial charge in [-0.25, -0.2) is 0 Å². The van der Waals surface area contributed by atoms with Crippen LogP contribution in [0.15, 0.2) is 218 Å². The molecule has 0 fully saturated rings.